The Bertz CT molecular complexity index is 317. The highest BCUT2D eigenvalue weighted by atomic mass is 16.3. The van der Waals surface area contributed by atoms with Crippen molar-refractivity contribution in [3.8, 4) is 0 Å². The van der Waals surface area contributed by atoms with E-state index in [-0.39, 0.29) is 11.6 Å². The van der Waals surface area contributed by atoms with Gasteiger partial charge in [-0.15, -0.1) is 0 Å². The number of aliphatic hydroxyl groups excluding tert-OH is 1. The minimum absolute atomic E-state index is 0.0600. The molecule has 1 N–H and O–H groups in total. The average molecular weight is 181 g/mol. The molecule has 0 aliphatic carbocycles. The molecule has 2 unspecified atom stereocenters. The summed E-state index contributed by atoms with van der Waals surface area (Å²) < 4.78 is 1.57. The predicted molar refractivity (Wildman–Crippen MR) is 51.7 cm³/mol. The van der Waals surface area contributed by atoms with Gasteiger partial charge >= 0.3 is 0 Å². The van der Waals surface area contributed by atoms with Crippen LogP contribution in [0.15, 0.2) is 29.2 Å². The van der Waals surface area contributed by atoms with Gasteiger partial charge in [0.15, 0.2) is 0 Å². The van der Waals surface area contributed by atoms with Crippen LogP contribution in [0.2, 0.25) is 0 Å². The molecule has 1 aromatic rings. The lowest BCUT2D eigenvalue weighted by Gasteiger charge is -2.20. The Labute approximate surface area is 77.6 Å². The van der Waals surface area contributed by atoms with Crippen molar-refractivity contribution in [3.05, 3.63) is 34.7 Å². The van der Waals surface area contributed by atoms with E-state index in [0.717, 1.165) is 6.42 Å². The van der Waals surface area contributed by atoms with Gasteiger partial charge in [-0.3, -0.25) is 4.79 Å². The first-order valence-corrected chi connectivity index (χ1v) is 4.52. The Hall–Kier alpha value is -1.09. The van der Waals surface area contributed by atoms with Crippen LogP contribution in [-0.4, -0.2) is 15.8 Å². The molecule has 0 spiro atoms. The predicted octanol–water partition coefficient (Wildman–Crippen LogP) is 1.18. The summed E-state index contributed by atoms with van der Waals surface area (Å²) in [5.74, 6) is 0. The van der Waals surface area contributed by atoms with Crippen LogP contribution in [0, 0.1) is 0 Å². The van der Waals surface area contributed by atoms with Gasteiger partial charge < -0.3 is 9.67 Å². The first kappa shape index (κ1) is 9.99. The maximum absolute atomic E-state index is 11.4. The monoisotopic (exact) mass is 181 g/mol. The molecular formula is C10H15NO2. The summed E-state index contributed by atoms with van der Waals surface area (Å²) in [6.07, 6.45) is 1.97. The quantitative estimate of drug-likeness (QED) is 0.760. The number of aromatic nitrogens is 1. The third-order valence-corrected chi connectivity index (χ3v) is 2.18. The number of rotatable bonds is 3. The van der Waals surface area contributed by atoms with Gasteiger partial charge in [-0.1, -0.05) is 13.0 Å². The molecule has 0 bridgehead atoms. The van der Waals surface area contributed by atoms with Crippen molar-refractivity contribution in [1.29, 1.82) is 0 Å². The second-order valence-corrected chi connectivity index (χ2v) is 3.16. The Morgan fingerprint density at radius 3 is 2.69 bits per heavy atom. The van der Waals surface area contributed by atoms with Gasteiger partial charge in [-0.25, -0.2) is 0 Å². The Balaban J connectivity index is 3.05. The lowest BCUT2D eigenvalue weighted by atomic mass is 10.1. The molecule has 0 fully saturated rings. The molecule has 2 atom stereocenters. The van der Waals surface area contributed by atoms with E-state index in [1.54, 1.807) is 29.8 Å². The third-order valence-electron chi connectivity index (χ3n) is 2.18. The first-order valence-electron chi connectivity index (χ1n) is 4.52. The fourth-order valence-electron chi connectivity index (χ4n) is 1.48. The van der Waals surface area contributed by atoms with Crippen molar-refractivity contribution in [2.45, 2.75) is 32.4 Å². The van der Waals surface area contributed by atoms with Gasteiger partial charge in [0.1, 0.15) is 0 Å². The molecule has 0 saturated carbocycles. The summed E-state index contributed by atoms with van der Waals surface area (Å²) >= 11 is 0. The SMILES string of the molecule is CCC(C(C)O)n1ccccc1=O. The van der Waals surface area contributed by atoms with Crippen LogP contribution in [0.1, 0.15) is 26.3 Å². The van der Waals surface area contributed by atoms with E-state index in [1.807, 2.05) is 6.92 Å². The van der Waals surface area contributed by atoms with Crippen molar-refractivity contribution < 1.29 is 5.11 Å². The van der Waals surface area contributed by atoms with E-state index >= 15 is 0 Å². The standard InChI is InChI=1S/C10H15NO2/c1-3-9(8(2)12)11-7-5-4-6-10(11)13/h4-9,12H,3H2,1-2H3. The van der Waals surface area contributed by atoms with Crippen LogP contribution in [0.4, 0.5) is 0 Å². The van der Waals surface area contributed by atoms with Crippen LogP contribution in [0.5, 0.6) is 0 Å². The largest absolute Gasteiger partial charge is 0.391 e. The number of pyridine rings is 1. The van der Waals surface area contributed by atoms with Gasteiger partial charge in [0.05, 0.1) is 12.1 Å². The summed E-state index contributed by atoms with van der Waals surface area (Å²) in [6, 6.07) is 4.89. The minimum atomic E-state index is -0.495. The highest BCUT2D eigenvalue weighted by molar-refractivity contribution is 4.95. The fourth-order valence-corrected chi connectivity index (χ4v) is 1.48. The second-order valence-electron chi connectivity index (χ2n) is 3.16. The Morgan fingerprint density at radius 1 is 1.54 bits per heavy atom. The zero-order valence-electron chi connectivity index (χ0n) is 7.97. The second kappa shape index (κ2) is 4.23. The zero-order valence-corrected chi connectivity index (χ0v) is 7.97. The van der Waals surface area contributed by atoms with Gasteiger partial charge in [0.2, 0.25) is 0 Å². The highest BCUT2D eigenvalue weighted by Gasteiger charge is 2.14. The molecule has 3 nitrogen and oxygen atoms in total. The molecule has 13 heavy (non-hydrogen) atoms. The lowest BCUT2D eigenvalue weighted by Crippen LogP contribution is -2.29. The zero-order chi connectivity index (χ0) is 9.84. The molecule has 0 aliphatic rings. The van der Waals surface area contributed by atoms with E-state index in [2.05, 4.69) is 0 Å². The van der Waals surface area contributed by atoms with Gasteiger partial charge in [0.25, 0.3) is 5.56 Å². The van der Waals surface area contributed by atoms with E-state index in [0.29, 0.717) is 0 Å². The molecular weight excluding hydrogens is 166 g/mol. The average Bonchev–Trinajstić information content (AvgIpc) is 2.09. The Kier molecular flexibility index (Phi) is 3.25. The molecule has 1 aromatic heterocycles. The lowest BCUT2D eigenvalue weighted by molar-refractivity contribution is 0.125. The maximum Gasteiger partial charge on any atom is 0.250 e. The molecule has 1 rings (SSSR count). The van der Waals surface area contributed by atoms with Gasteiger partial charge in [-0.05, 0) is 19.4 Å². The van der Waals surface area contributed by atoms with Crippen molar-refractivity contribution in [2.75, 3.05) is 0 Å². The highest BCUT2D eigenvalue weighted by Crippen LogP contribution is 2.12. The molecule has 1 heterocycles. The van der Waals surface area contributed by atoms with Crippen LogP contribution >= 0.6 is 0 Å². The maximum atomic E-state index is 11.4. The molecule has 0 aliphatic heterocycles. The van der Waals surface area contributed by atoms with Crippen molar-refractivity contribution in [2.24, 2.45) is 0 Å². The molecule has 72 valence electrons. The summed E-state index contributed by atoms with van der Waals surface area (Å²) in [5, 5.41) is 9.43. The fraction of sp³-hybridized carbons (Fsp3) is 0.500. The van der Waals surface area contributed by atoms with E-state index < -0.39 is 6.10 Å². The number of hydrogen-bond acceptors (Lipinski definition) is 2. The van der Waals surface area contributed by atoms with Gasteiger partial charge in [0, 0.05) is 12.3 Å². The van der Waals surface area contributed by atoms with Crippen LogP contribution in [0.25, 0.3) is 0 Å². The van der Waals surface area contributed by atoms with Gasteiger partial charge in [-0.2, -0.15) is 0 Å². The first-order chi connectivity index (χ1) is 6.16. The van der Waals surface area contributed by atoms with Crippen LogP contribution < -0.4 is 5.56 Å². The minimum Gasteiger partial charge on any atom is -0.391 e. The smallest absolute Gasteiger partial charge is 0.250 e. The normalized spacial score (nSPS) is 15.3. The summed E-state index contributed by atoms with van der Waals surface area (Å²) in [6.45, 7) is 3.66. The molecule has 0 radical (unpaired) electrons. The number of aliphatic hydroxyl groups is 1. The van der Waals surface area contributed by atoms with Crippen molar-refractivity contribution >= 4 is 0 Å². The van der Waals surface area contributed by atoms with Crippen LogP contribution in [-0.2, 0) is 0 Å². The summed E-state index contributed by atoms with van der Waals surface area (Å²) in [7, 11) is 0. The molecule has 0 saturated heterocycles. The number of hydrogen-bond donors (Lipinski definition) is 1. The summed E-state index contributed by atoms with van der Waals surface area (Å²) in [4.78, 5) is 11.4. The number of nitrogens with zero attached hydrogens (tertiary/aromatic N) is 1. The van der Waals surface area contributed by atoms with Crippen molar-refractivity contribution in [3.63, 3.8) is 0 Å². The van der Waals surface area contributed by atoms with E-state index in [9.17, 15) is 9.90 Å². The van der Waals surface area contributed by atoms with E-state index in [4.69, 9.17) is 0 Å². The Morgan fingerprint density at radius 2 is 2.23 bits per heavy atom. The van der Waals surface area contributed by atoms with E-state index in [1.165, 1.54) is 6.07 Å². The van der Waals surface area contributed by atoms with Crippen molar-refractivity contribution in [1.82, 2.24) is 4.57 Å². The molecule has 3 heteroatoms. The van der Waals surface area contributed by atoms with Crippen LogP contribution in [0.3, 0.4) is 0 Å². The molecule has 0 aromatic carbocycles. The third kappa shape index (κ3) is 2.18. The summed E-state index contributed by atoms with van der Waals surface area (Å²) in [5.41, 5.74) is -0.0600. The molecule has 0 amide bonds. The topological polar surface area (TPSA) is 42.2 Å².